The van der Waals surface area contributed by atoms with Crippen molar-refractivity contribution in [1.82, 2.24) is 4.98 Å². The summed E-state index contributed by atoms with van der Waals surface area (Å²) in [6, 6.07) is 5.05. The van der Waals surface area contributed by atoms with Crippen LogP contribution in [0.2, 0.25) is 0 Å². The number of nitrogens with zero attached hydrogens (tertiary/aromatic N) is 2. The average Bonchev–Trinajstić information content (AvgIpc) is 2.93. The second kappa shape index (κ2) is 5.49. The van der Waals surface area contributed by atoms with Gasteiger partial charge in [0.25, 0.3) is 0 Å². The van der Waals surface area contributed by atoms with E-state index in [4.69, 9.17) is 10.7 Å². The zero-order valence-electron chi connectivity index (χ0n) is 11.9. The largest absolute Gasteiger partial charge is 0.356 e. The van der Waals surface area contributed by atoms with Gasteiger partial charge in [0, 0.05) is 18.8 Å². The first-order chi connectivity index (χ1) is 9.29. The molecule has 0 amide bonds. The van der Waals surface area contributed by atoms with Gasteiger partial charge in [0.2, 0.25) is 0 Å². The zero-order valence-corrected chi connectivity index (χ0v) is 11.9. The van der Waals surface area contributed by atoms with E-state index in [0.717, 1.165) is 18.8 Å². The third-order valence-electron chi connectivity index (χ3n) is 4.94. The molecule has 0 saturated heterocycles. The molecule has 104 valence electrons. The van der Waals surface area contributed by atoms with Gasteiger partial charge in [-0.2, -0.15) is 0 Å². The highest BCUT2D eigenvalue weighted by atomic mass is 15.2. The molecule has 3 heteroatoms. The highest BCUT2D eigenvalue weighted by Gasteiger charge is 2.28. The van der Waals surface area contributed by atoms with Gasteiger partial charge in [0.15, 0.2) is 0 Å². The Hall–Kier alpha value is -1.09. The maximum atomic E-state index is 5.95. The minimum absolute atomic E-state index is 0.575. The van der Waals surface area contributed by atoms with E-state index in [2.05, 4.69) is 24.1 Å². The molecule has 2 atom stereocenters. The number of aryl methyl sites for hydroxylation is 2. The number of hydrogen-bond acceptors (Lipinski definition) is 3. The van der Waals surface area contributed by atoms with Crippen LogP contribution in [0.4, 0.5) is 5.82 Å². The molecule has 2 N–H and O–H groups in total. The minimum Gasteiger partial charge on any atom is -0.356 e. The van der Waals surface area contributed by atoms with E-state index >= 15 is 0 Å². The molecule has 1 heterocycles. The first-order valence-electron chi connectivity index (χ1n) is 7.71. The Morgan fingerprint density at radius 2 is 2.05 bits per heavy atom. The van der Waals surface area contributed by atoms with Crippen LogP contribution in [0.5, 0.6) is 0 Å². The summed E-state index contributed by atoms with van der Waals surface area (Å²) in [5.41, 5.74) is 8.73. The van der Waals surface area contributed by atoms with Crippen molar-refractivity contribution in [1.29, 1.82) is 0 Å². The van der Waals surface area contributed by atoms with Gasteiger partial charge >= 0.3 is 0 Å². The number of nitrogens with two attached hydrogens (primary N) is 1. The highest BCUT2D eigenvalue weighted by Crippen LogP contribution is 2.31. The lowest BCUT2D eigenvalue weighted by atomic mass is 9.83. The van der Waals surface area contributed by atoms with Crippen LogP contribution in [0.15, 0.2) is 12.1 Å². The van der Waals surface area contributed by atoms with Crippen LogP contribution in [0.3, 0.4) is 0 Å². The fraction of sp³-hybridized carbons (Fsp3) is 0.688. The maximum absolute atomic E-state index is 5.95. The number of rotatable bonds is 3. The lowest BCUT2D eigenvalue weighted by molar-refractivity contribution is 0.305. The number of aromatic nitrogens is 1. The van der Waals surface area contributed by atoms with Crippen LogP contribution in [0, 0.1) is 5.92 Å². The summed E-state index contributed by atoms with van der Waals surface area (Å²) in [7, 11) is 2.20. The first kappa shape index (κ1) is 12.9. The molecule has 1 aromatic rings. The van der Waals surface area contributed by atoms with Gasteiger partial charge in [-0.15, -0.1) is 0 Å². The normalized spacial score (nSPS) is 26.2. The summed E-state index contributed by atoms with van der Waals surface area (Å²) >= 11 is 0. The van der Waals surface area contributed by atoms with Crippen LogP contribution in [-0.2, 0) is 12.8 Å². The molecular weight excluding hydrogens is 234 g/mol. The molecule has 0 bridgehead atoms. The van der Waals surface area contributed by atoms with Gasteiger partial charge in [0.05, 0.1) is 0 Å². The second-order valence-electron chi connectivity index (χ2n) is 6.09. The predicted octanol–water partition coefficient (Wildman–Crippen LogP) is 2.52. The quantitative estimate of drug-likeness (QED) is 0.907. The standard InChI is InChI=1S/C16H25N3/c1-19(15-8-3-2-5-13(15)11-17)16-10-9-12-6-4-7-14(12)18-16/h9-10,13,15H,2-8,11,17H2,1H3. The summed E-state index contributed by atoms with van der Waals surface area (Å²) in [5, 5.41) is 0. The molecule has 0 aliphatic heterocycles. The van der Waals surface area contributed by atoms with E-state index in [1.807, 2.05) is 0 Å². The van der Waals surface area contributed by atoms with E-state index in [9.17, 15) is 0 Å². The molecule has 2 aliphatic rings. The van der Waals surface area contributed by atoms with Crippen LogP contribution in [0.25, 0.3) is 0 Å². The Morgan fingerprint density at radius 1 is 1.21 bits per heavy atom. The molecule has 1 fully saturated rings. The molecule has 19 heavy (non-hydrogen) atoms. The SMILES string of the molecule is CN(c1ccc2c(n1)CCC2)C1CCCCC1CN. The van der Waals surface area contributed by atoms with Crippen molar-refractivity contribution in [2.24, 2.45) is 11.7 Å². The van der Waals surface area contributed by atoms with Gasteiger partial charge in [-0.25, -0.2) is 4.98 Å². The smallest absolute Gasteiger partial charge is 0.128 e. The highest BCUT2D eigenvalue weighted by molar-refractivity contribution is 5.43. The lowest BCUT2D eigenvalue weighted by Gasteiger charge is -2.38. The van der Waals surface area contributed by atoms with Gasteiger partial charge in [-0.1, -0.05) is 18.9 Å². The minimum atomic E-state index is 0.575. The Labute approximate surface area is 116 Å². The van der Waals surface area contributed by atoms with Gasteiger partial charge < -0.3 is 10.6 Å². The number of anilines is 1. The fourth-order valence-electron chi connectivity index (χ4n) is 3.75. The van der Waals surface area contributed by atoms with Crippen molar-refractivity contribution in [3.8, 4) is 0 Å². The number of fused-ring (bicyclic) bond motifs is 1. The van der Waals surface area contributed by atoms with Crippen molar-refractivity contribution in [3.63, 3.8) is 0 Å². The van der Waals surface area contributed by atoms with Crippen LogP contribution < -0.4 is 10.6 Å². The van der Waals surface area contributed by atoms with Crippen LogP contribution in [-0.4, -0.2) is 24.6 Å². The Morgan fingerprint density at radius 3 is 2.89 bits per heavy atom. The zero-order chi connectivity index (χ0) is 13.2. The average molecular weight is 259 g/mol. The second-order valence-corrected chi connectivity index (χ2v) is 6.09. The molecule has 1 saturated carbocycles. The topological polar surface area (TPSA) is 42.2 Å². The summed E-state index contributed by atoms with van der Waals surface area (Å²) in [4.78, 5) is 7.27. The molecule has 0 aromatic carbocycles. The first-order valence-corrected chi connectivity index (χ1v) is 7.71. The Kier molecular flexibility index (Phi) is 3.74. The van der Waals surface area contributed by atoms with Gasteiger partial charge in [-0.3, -0.25) is 0 Å². The fourth-order valence-corrected chi connectivity index (χ4v) is 3.75. The molecule has 0 spiro atoms. The Balaban J connectivity index is 1.80. The van der Waals surface area contributed by atoms with E-state index in [-0.39, 0.29) is 0 Å². The van der Waals surface area contributed by atoms with Crippen LogP contribution in [0.1, 0.15) is 43.4 Å². The van der Waals surface area contributed by atoms with Crippen molar-refractivity contribution in [2.75, 3.05) is 18.5 Å². The molecule has 0 radical (unpaired) electrons. The summed E-state index contributed by atoms with van der Waals surface area (Å²) < 4.78 is 0. The van der Waals surface area contributed by atoms with E-state index in [1.54, 1.807) is 0 Å². The summed E-state index contributed by atoms with van der Waals surface area (Å²) in [5.74, 6) is 1.78. The Bertz CT molecular complexity index is 444. The third kappa shape index (κ3) is 2.48. The molecule has 2 aliphatic carbocycles. The summed E-state index contributed by atoms with van der Waals surface area (Å²) in [6.07, 6.45) is 8.83. The molecular formula is C16H25N3. The third-order valence-corrected chi connectivity index (χ3v) is 4.94. The number of pyridine rings is 1. The van der Waals surface area contributed by atoms with Crippen LogP contribution >= 0.6 is 0 Å². The van der Waals surface area contributed by atoms with Gasteiger partial charge in [0.1, 0.15) is 5.82 Å². The molecule has 3 rings (SSSR count). The van der Waals surface area contributed by atoms with Crippen molar-refractivity contribution in [3.05, 3.63) is 23.4 Å². The summed E-state index contributed by atoms with van der Waals surface area (Å²) in [6.45, 7) is 0.806. The van der Waals surface area contributed by atoms with Gasteiger partial charge in [-0.05, 0) is 56.2 Å². The van der Waals surface area contributed by atoms with E-state index in [1.165, 1.54) is 49.8 Å². The van der Waals surface area contributed by atoms with E-state index in [0.29, 0.717) is 12.0 Å². The monoisotopic (exact) mass is 259 g/mol. The predicted molar refractivity (Wildman–Crippen MR) is 79.5 cm³/mol. The van der Waals surface area contributed by atoms with Crippen molar-refractivity contribution in [2.45, 2.75) is 51.0 Å². The maximum Gasteiger partial charge on any atom is 0.128 e. The lowest BCUT2D eigenvalue weighted by Crippen LogP contribution is -2.43. The van der Waals surface area contributed by atoms with Crippen molar-refractivity contribution < 1.29 is 0 Å². The molecule has 3 nitrogen and oxygen atoms in total. The molecule has 1 aromatic heterocycles. The molecule has 2 unspecified atom stereocenters. The van der Waals surface area contributed by atoms with E-state index < -0.39 is 0 Å². The number of hydrogen-bond donors (Lipinski definition) is 1. The van der Waals surface area contributed by atoms with Crippen molar-refractivity contribution >= 4 is 5.82 Å².